The minimum atomic E-state index is -4.29. The third-order valence-electron chi connectivity index (χ3n) is 16.9. The van der Waals surface area contributed by atoms with Crippen LogP contribution >= 0.6 is 7.82 Å². The molecule has 0 saturated carbocycles. The zero-order valence-electron chi connectivity index (χ0n) is 53.2. The van der Waals surface area contributed by atoms with Crippen molar-refractivity contribution in [1.82, 2.24) is 15.0 Å². The second kappa shape index (κ2) is 32.5. The molecule has 11 rings (SSSR count). The highest BCUT2D eigenvalue weighted by Gasteiger charge is 2.51. The average Bonchev–Trinajstić information content (AvgIpc) is 1.19. The predicted molar refractivity (Wildman–Crippen MR) is 364 cm³/mol. The van der Waals surface area contributed by atoms with Crippen LogP contribution < -0.4 is 10.4 Å². The van der Waals surface area contributed by atoms with Gasteiger partial charge in [-0.2, -0.15) is 0 Å². The summed E-state index contributed by atoms with van der Waals surface area (Å²) in [6.45, 7) is 6.77. The number of ether oxygens (including phenoxy) is 5. The average molecular weight is 1300 g/mol. The van der Waals surface area contributed by atoms with Crippen LogP contribution in [0.2, 0.25) is 5.04 Å². The largest absolute Gasteiger partial charge is 0.475 e. The van der Waals surface area contributed by atoms with Crippen molar-refractivity contribution in [2.24, 2.45) is 0 Å². The highest BCUT2D eigenvalue weighted by Crippen LogP contribution is 2.52. The number of benzene rings is 9. The molecule has 486 valence electrons. The number of hydrogen-bond donors (Lipinski definition) is 2. The van der Waals surface area contributed by atoms with Crippen LogP contribution in [0.4, 0.5) is 0 Å². The summed E-state index contributed by atoms with van der Waals surface area (Å²) in [4.78, 5) is 0. The van der Waals surface area contributed by atoms with Crippen molar-refractivity contribution >= 4 is 26.5 Å². The first-order valence-electron chi connectivity index (χ1n) is 31.9. The topological polar surface area (TPSA) is 171 Å². The maximum absolute atomic E-state index is 14.3. The number of phosphoric ester groups is 1. The van der Waals surface area contributed by atoms with Crippen molar-refractivity contribution in [2.45, 2.75) is 114 Å². The highest BCUT2D eigenvalue weighted by atomic mass is 31.2. The summed E-state index contributed by atoms with van der Waals surface area (Å²) >= 11 is 0. The van der Waals surface area contributed by atoms with Gasteiger partial charge in [-0.25, -0.2) is 9.25 Å². The van der Waals surface area contributed by atoms with Gasteiger partial charge in [-0.3, -0.25) is 13.6 Å². The number of aliphatic hydroxyl groups excluding tert-OH is 2. The third-order valence-corrected chi connectivity index (χ3v) is 23.3. The van der Waals surface area contributed by atoms with Crippen molar-refractivity contribution < 1.29 is 56.5 Å². The Labute approximate surface area is 552 Å². The van der Waals surface area contributed by atoms with Gasteiger partial charge in [-0.1, -0.05) is 299 Å². The lowest BCUT2D eigenvalue weighted by Gasteiger charge is -2.43. The Hall–Kier alpha value is -7.87. The van der Waals surface area contributed by atoms with E-state index < -0.39 is 71.2 Å². The number of rotatable bonds is 33. The SMILES string of the molecule is CC(C)(C)[Si](OCC[C@@H](OCc1ccccc1)[C@H](OCc1ccccc1)[C@@H](COC(c1ccccc1)(c1ccccc1)c1ccccc1)OCc1cn([C@@H]2O[C@H](COP(=O)(OCc3ccccc3)OCc3ccccc3)[C@@H](O)[C@H]2O)nn1)(c1ccccc1)c1ccccc1. The molecule has 0 spiro atoms. The van der Waals surface area contributed by atoms with Crippen LogP contribution in [-0.2, 0) is 84.9 Å². The Morgan fingerprint density at radius 3 is 1.35 bits per heavy atom. The van der Waals surface area contributed by atoms with Crippen LogP contribution in [0.3, 0.4) is 0 Å². The second-order valence-corrected chi connectivity index (χ2v) is 30.3. The van der Waals surface area contributed by atoms with Crippen molar-refractivity contribution in [3.8, 4) is 0 Å². The number of aromatic nitrogens is 3. The second-order valence-electron chi connectivity index (χ2n) is 24.3. The summed E-state index contributed by atoms with van der Waals surface area (Å²) in [7, 11) is -7.35. The van der Waals surface area contributed by atoms with E-state index in [2.05, 4.69) is 116 Å². The van der Waals surface area contributed by atoms with Gasteiger partial charge in [-0.05, 0) is 60.8 Å². The molecular formula is C77H82N3O12PSi. The van der Waals surface area contributed by atoms with Gasteiger partial charge in [-0.15, -0.1) is 5.10 Å². The van der Waals surface area contributed by atoms with Gasteiger partial charge >= 0.3 is 7.82 Å². The fourth-order valence-corrected chi connectivity index (χ4v) is 17.9. The standard InChI is InChI=1S/C77H82N3O12PSi/c1-76(2,3)94(67-45-27-11-28-46-67,68-47-29-12-30-48-68)91-50-49-69(84-52-59-31-13-4-14-32-59)74(86-53-60-33-15-5-16-34-60)71(57-87-77(63-39-21-8-22-40-63,64-41-23-9-24-42-64)65-43-25-10-26-44-65)85-56-66-51-80(79-78-66)75-73(82)72(81)70(92-75)58-90-93(83,88-54-61-35-17-6-18-36-61)89-55-62-37-19-7-20-38-62/h4-48,51,69-75,81-82H,49-50,52-58H2,1-3H3/t69-,70-,71-,72-,73-,74+,75-/m1/s1. The quantitative estimate of drug-likeness (QED) is 0.0226. The van der Waals surface area contributed by atoms with Crippen molar-refractivity contribution in [3.05, 3.63) is 324 Å². The molecule has 0 bridgehead atoms. The maximum atomic E-state index is 14.3. The Morgan fingerprint density at radius 1 is 0.500 bits per heavy atom. The molecule has 0 amide bonds. The number of aliphatic hydroxyl groups is 2. The minimum Gasteiger partial charge on any atom is -0.407 e. The molecule has 0 radical (unpaired) electrons. The van der Waals surface area contributed by atoms with Gasteiger partial charge in [0.25, 0.3) is 8.32 Å². The van der Waals surface area contributed by atoms with Crippen LogP contribution in [0.1, 0.15) is 78.1 Å². The number of phosphoric acid groups is 1. The summed E-state index contributed by atoms with van der Waals surface area (Å²) in [5.74, 6) is 0. The Morgan fingerprint density at radius 2 is 0.904 bits per heavy atom. The first kappa shape index (κ1) is 67.5. The molecule has 7 atom stereocenters. The fraction of sp³-hybridized carbons (Fsp3) is 0.273. The van der Waals surface area contributed by atoms with E-state index in [9.17, 15) is 14.8 Å². The molecule has 1 fully saturated rings. The third kappa shape index (κ3) is 16.8. The first-order valence-corrected chi connectivity index (χ1v) is 35.3. The normalized spacial score (nSPS) is 17.2. The molecule has 94 heavy (non-hydrogen) atoms. The van der Waals surface area contributed by atoms with E-state index >= 15 is 0 Å². The van der Waals surface area contributed by atoms with Gasteiger partial charge in [0.1, 0.15) is 41.8 Å². The van der Waals surface area contributed by atoms with Crippen LogP contribution in [0.15, 0.2) is 279 Å². The van der Waals surface area contributed by atoms with Gasteiger partial charge < -0.3 is 38.3 Å². The summed E-state index contributed by atoms with van der Waals surface area (Å²) < 4.78 is 76.7. The Balaban J connectivity index is 0.931. The van der Waals surface area contributed by atoms with Crippen LogP contribution in [0, 0.1) is 0 Å². The number of hydrogen-bond acceptors (Lipinski definition) is 14. The summed E-state index contributed by atoms with van der Waals surface area (Å²) in [5.41, 5.74) is 5.29. The Bertz CT molecular complexity index is 3690. The highest BCUT2D eigenvalue weighted by molar-refractivity contribution is 7.48. The molecule has 9 aromatic carbocycles. The van der Waals surface area contributed by atoms with Gasteiger partial charge in [0.2, 0.25) is 0 Å². The molecule has 1 aliphatic rings. The van der Waals surface area contributed by atoms with Crippen LogP contribution in [0.5, 0.6) is 0 Å². The van der Waals surface area contributed by atoms with Gasteiger partial charge in [0.15, 0.2) is 6.23 Å². The molecule has 10 aromatic rings. The lowest BCUT2D eigenvalue weighted by Crippen LogP contribution is -2.66. The summed E-state index contributed by atoms with van der Waals surface area (Å²) in [5, 5.41) is 34.2. The van der Waals surface area contributed by atoms with E-state index in [0.717, 1.165) is 49.3 Å². The molecule has 1 saturated heterocycles. The predicted octanol–water partition coefficient (Wildman–Crippen LogP) is 13.5. The minimum absolute atomic E-state index is 0.0423. The van der Waals surface area contributed by atoms with E-state index in [1.54, 1.807) is 6.20 Å². The molecule has 0 unspecified atom stereocenters. The fourth-order valence-electron chi connectivity index (χ4n) is 12.2. The molecule has 1 aromatic heterocycles. The molecule has 15 nitrogen and oxygen atoms in total. The zero-order chi connectivity index (χ0) is 65.1. The molecular weight excluding hydrogens is 1220 g/mol. The van der Waals surface area contributed by atoms with Crippen LogP contribution in [0.25, 0.3) is 0 Å². The van der Waals surface area contributed by atoms with E-state index in [0.29, 0.717) is 18.7 Å². The zero-order valence-corrected chi connectivity index (χ0v) is 55.1. The van der Waals surface area contributed by atoms with E-state index in [1.165, 1.54) is 4.68 Å². The molecule has 17 heteroatoms. The van der Waals surface area contributed by atoms with Crippen molar-refractivity contribution in [2.75, 3.05) is 19.8 Å². The lowest BCUT2D eigenvalue weighted by atomic mass is 9.80. The molecule has 0 aliphatic carbocycles. The molecule has 2 N–H and O–H groups in total. The van der Waals surface area contributed by atoms with Crippen LogP contribution in [-0.4, -0.2) is 90.0 Å². The van der Waals surface area contributed by atoms with Crippen molar-refractivity contribution in [1.29, 1.82) is 0 Å². The monoisotopic (exact) mass is 1300 g/mol. The van der Waals surface area contributed by atoms with Gasteiger partial charge in [0, 0.05) is 6.61 Å². The van der Waals surface area contributed by atoms with E-state index in [-0.39, 0.29) is 44.7 Å². The van der Waals surface area contributed by atoms with Gasteiger partial charge in [0.05, 0.1) is 58.5 Å². The molecule has 1 aliphatic heterocycles. The summed E-state index contributed by atoms with van der Waals surface area (Å²) in [6, 6.07) is 90.3. The number of nitrogens with zero attached hydrogens (tertiary/aromatic N) is 3. The maximum Gasteiger partial charge on any atom is 0.475 e. The smallest absolute Gasteiger partial charge is 0.407 e. The molecule has 2 heterocycles. The first-order chi connectivity index (χ1) is 45.9. The van der Waals surface area contributed by atoms with Crippen molar-refractivity contribution in [3.63, 3.8) is 0 Å². The van der Waals surface area contributed by atoms with E-state index in [1.807, 2.05) is 188 Å². The Kier molecular flexibility index (Phi) is 23.4. The van der Waals surface area contributed by atoms with E-state index in [4.69, 9.17) is 41.7 Å². The summed E-state index contributed by atoms with van der Waals surface area (Å²) in [6.07, 6.45) is -5.89. The lowest BCUT2D eigenvalue weighted by molar-refractivity contribution is -0.179.